The van der Waals surface area contributed by atoms with E-state index in [0.29, 0.717) is 22.8 Å². The number of nitrogens with zero attached hydrogens (tertiary/aromatic N) is 1. The molecule has 0 aliphatic rings. The summed E-state index contributed by atoms with van der Waals surface area (Å²) in [5.41, 5.74) is 2.79. The molecule has 0 aliphatic carbocycles. The number of benzene rings is 2. The third-order valence-electron chi connectivity index (χ3n) is 4.00. The van der Waals surface area contributed by atoms with Crippen LogP contribution in [0.25, 0.3) is 0 Å². The number of ether oxygens (including phenoxy) is 2. The lowest BCUT2D eigenvalue weighted by molar-refractivity contribution is 0.203. The molecule has 6 heteroatoms. The Balaban J connectivity index is 1.62. The summed E-state index contributed by atoms with van der Waals surface area (Å²) in [5.74, 6) is 5.03. The number of aliphatic hydroxyl groups excluding tert-OH is 1. The molecule has 144 valence electrons. The van der Waals surface area contributed by atoms with Gasteiger partial charge in [0.05, 0.1) is 32.0 Å². The first kappa shape index (κ1) is 21.5. The van der Waals surface area contributed by atoms with E-state index < -0.39 is 6.10 Å². The van der Waals surface area contributed by atoms with Gasteiger partial charge in [0.1, 0.15) is 0 Å². The summed E-state index contributed by atoms with van der Waals surface area (Å²) >= 11 is 3.65. The lowest BCUT2D eigenvalue weighted by Crippen LogP contribution is -2.02. The summed E-state index contributed by atoms with van der Waals surface area (Å²) in [6, 6.07) is 15.4. The smallest absolute Gasteiger partial charge is 0.161 e. The van der Waals surface area contributed by atoms with Crippen molar-refractivity contribution in [1.29, 1.82) is 5.26 Å². The Kier molecular flexibility index (Phi) is 9.40. The fraction of sp³-hybridized carbons (Fsp3) is 0.381. The number of methoxy groups -OCH3 is 2. The molecule has 4 nitrogen and oxygen atoms in total. The Morgan fingerprint density at radius 1 is 1.00 bits per heavy atom. The molecule has 0 amide bonds. The number of aliphatic hydroxyl groups is 1. The van der Waals surface area contributed by atoms with Gasteiger partial charge < -0.3 is 14.6 Å². The lowest BCUT2D eigenvalue weighted by atomic mass is 10.1. The van der Waals surface area contributed by atoms with Gasteiger partial charge >= 0.3 is 0 Å². The highest BCUT2D eigenvalue weighted by Gasteiger charge is 2.11. The number of hydrogen-bond acceptors (Lipinski definition) is 6. The minimum atomic E-state index is -0.513. The molecule has 1 unspecified atom stereocenters. The van der Waals surface area contributed by atoms with Crippen LogP contribution in [0, 0.1) is 11.3 Å². The van der Waals surface area contributed by atoms with E-state index in [1.165, 1.54) is 5.56 Å². The summed E-state index contributed by atoms with van der Waals surface area (Å²) in [7, 11) is 3.20. The molecule has 0 radical (unpaired) electrons. The highest BCUT2D eigenvalue weighted by Crippen LogP contribution is 2.31. The van der Waals surface area contributed by atoms with Crippen molar-refractivity contribution >= 4 is 23.5 Å². The average molecular weight is 404 g/mol. The Labute approximate surface area is 169 Å². The fourth-order valence-corrected chi connectivity index (χ4v) is 4.51. The summed E-state index contributed by atoms with van der Waals surface area (Å²) in [4.78, 5) is 0. The van der Waals surface area contributed by atoms with Crippen molar-refractivity contribution < 1.29 is 14.6 Å². The normalized spacial score (nSPS) is 11.6. The molecule has 27 heavy (non-hydrogen) atoms. The average Bonchev–Trinajstić information content (AvgIpc) is 2.72. The third kappa shape index (κ3) is 7.02. The van der Waals surface area contributed by atoms with Crippen molar-refractivity contribution in [1.82, 2.24) is 0 Å². The molecule has 1 N–H and O–H groups in total. The molecule has 2 aromatic carbocycles. The number of thioether (sulfide) groups is 2. The Morgan fingerprint density at radius 3 is 2.37 bits per heavy atom. The Hall–Kier alpha value is -1.81. The van der Waals surface area contributed by atoms with Crippen LogP contribution in [0.3, 0.4) is 0 Å². The van der Waals surface area contributed by atoms with Gasteiger partial charge in [0.25, 0.3) is 0 Å². The second kappa shape index (κ2) is 11.8. The maximum Gasteiger partial charge on any atom is 0.161 e. The summed E-state index contributed by atoms with van der Waals surface area (Å²) in [6.45, 7) is 0. The molecule has 0 aromatic heterocycles. The summed E-state index contributed by atoms with van der Waals surface area (Å²) in [5, 5.41) is 19.2. The van der Waals surface area contributed by atoms with Crippen LogP contribution in [0.5, 0.6) is 11.5 Å². The largest absolute Gasteiger partial charge is 0.493 e. The van der Waals surface area contributed by atoms with Crippen LogP contribution in [-0.4, -0.2) is 36.6 Å². The van der Waals surface area contributed by atoms with E-state index >= 15 is 0 Å². The van der Waals surface area contributed by atoms with Gasteiger partial charge in [-0.25, -0.2) is 0 Å². The number of nitriles is 1. The van der Waals surface area contributed by atoms with Crippen LogP contribution in [0.1, 0.15) is 29.2 Å². The predicted octanol–water partition coefficient (Wildman–Crippen LogP) is 4.67. The number of rotatable bonds is 11. The maximum atomic E-state index is 10.4. The van der Waals surface area contributed by atoms with Gasteiger partial charge in [0, 0.05) is 11.5 Å². The zero-order chi connectivity index (χ0) is 19.5. The van der Waals surface area contributed by atoms with Crippen LogP contribution < -0.4 is 9.47 Å². The molecule has 2 rings (SSSR count). The third-order valence-corrected chi connectivity index (χ3v) is 6.24. The molecule has 0 saturated heterocycles. The minimum Gasteiger partial charge on any atom is -0.493 e. The molecule has 2 aromatic rings. The molecule has 0 heterocycles. The molecule has 0 spiro atoms. The van der Waals surface area contributed by atoms with Crippen molar-refractivity contribution in [3.63, 3.8) is 0 Å². The van der Waals surface area contributed by atoms with Crippen molar-refractivity contribution in [3.05, 3.63) is 59.2 Å². The molecule has 0 saturated carbocycles. The standard InChI is InChI=1S/C21H25NO3S2/c1-24-20-9-8-18(12-21(20)25-2)19(23)15-27-11-3-10-26-14-17-6-4-16(13-22)5-7-17/h4-9,12,19,23H,3,10-11,14-15H2,1-2H3. The van der Waals surface area contributed by atoms with E-state index in [-0.39, 0.29) is 0 Å². The lowest BCUT2D eigenvalue weighted by Gasteiger charge is -2.14. The van der Waals surface area contributed by atoms with E-state index in [0.717, 1.165) is 29.2 Å². The van der Waals surface area contributed by atoms with Crippen molar-refractivity contribution in [3.8, 4) is 17.6 Å². The first-order valence-electron chi connectivity index (χ1n) is 8.72. The quantitative estimate of drug-likeness (QED) is 0.550. The molecular weight excluding hydrogens is 378 g/mol. The molecular formula is C21H25NO3S2. The number of hydrogen-bond donors (Lipinski definition) is 1. The highest BCUT2D eigenvalue weighted by molar-refractivity contribution is 7.99. The van der Waals surface area contributed by atoms with E-state index in [1.807, 2.05) is 54.2 Å². The van der Waals surface area contributed by atoms with E-state index in [4.69, 9.17) is 14.7 Å². The van der Waals surface area contributed by atoms with Crippen LogP contribution >= 0.6 is 23.5 Å². The van der Waals surface area contributed by atoms with Gasteiger partial charge in [0.15, 0.2) is 11.5 Å². The van der Waals surface area contributed by atoms with Gasteiger partial charge in [-0.05, 0) is 53.3 Å². The van der Waals surface area contributed by atoms with Crippen molar-refractivity contribution in [2.75, 3.05) is 31.5 Å². The first-order chi connectivity index (χ1) is 13.2. The van der Waals surface area contributed by atoms with Crippen LogP contribution in [-0.2, 0) is 5.75 Å². The van der Waals surface area contributed by atoms with Gasteiger partial charge in [-0.3, -0.25) is 0 Å². The van der Waals surface area contributed by atoms with Crippen LogP contribution in [0.2, 0.25) is 0 Å². The fourth-order valence-electron chi connectivity index (χ4n) is 2.48. The van der Waals surface area contributed by atoms with Gasteiger partial charge in [-0.2, -0.15) is 28.8 Å². The Bertz CT molecular complexity index is 744. The van der Waals surface area contributed by atoms with E-state index in [9.17, 15) is 5.11 Å². The summed E-state index contributed by atoms with van der Waals surface area (Å²) < 4.78 is 10.5. The van der Waals surface area contributed by atoms with Gasteiger partial charge in [0.2, 0.25) is 0 Å². The van der Waals surface area contributed by atoms with Gasteiger partial charge in [-0.15, -0.1) is 0 Å². The van der Waals surface area contributed by atoms with E-state index in [2.05, 4.69) is 6.07 Å². The minimum absolute atomic E-state index is 0.513. The first-order valence-corrected chi connectivity index (χ1v) is 11.0. The topological polar surface area (TPSA) is 62.5 Å². The maximum absolute atomic E-state index is 10.4. The highest BCUT2D eigenvalue weighted by atomic mass is 32.2. The zero-order valence-electron chi connectivity index (χ0n) is 15.7. The summed E-state index contributed by atoms with van der Waals surface area (Å²) in [6.07, 6.45) is 0.589. The molecule has 0 aliphatic heterocycles. The van der Waals surface area contributed by atoms with Crippen molar-refractivity contribution in [2.24, 2.45) is 0 Å². The van der Waals surface area contributed by atoms with Crippen LogP contribution in [0.15, 0.2) is 42.5 Å². The van der Waals surface area contributed by atoms with Gasteiger partial charge in [-0.1, -0.05) is 18.2 Å². The van der Waals surface area contributed by atoms with E-state index in [1.54, 1.807) is 26.0 Å². The molecule has 1 atom stereocenters. The molecule has 0 fully saturated rings. The monoisotopic (exact) mass is 403 g/mol. The van der Waals surface area contributed by atoms with Crippen molar-refractivity contribution in [2.45, 2.75) is 18.3 Å². The SMILES string of the molecule is COc1ccc(C(O)CSCCCSCc2ccc(C#N)cc2)cc1OC. The second-order valence-corrected chi connectivity index (χ2v) is 8.18. The Morgan fingerprint density at radius 2 is 1.70 bits per heavy atom. The molecule has 0 bridgehead atoms. The predicted molar refractivity (Wildman–Crippen MR) is 114 cm³/mol. The zero-order valence-corrected chi connectivity index (χ0v) is 17.3. The van der Waals surface area contributed by atoms with Crippen LogP contribution in [0.4, 0.5) is 0 Å². The second-order valence-electron chi connectivity index (χ2n) is 5.92.